The first-order valence-corrected chi connectivity index (χ1v) is 7.66. The first-order chi connectivity index (χ1) is 12.5. The highest BCUT2D eigenvalue weighted by molar-refractivity contribution is 5.91. The Balaban J connectivity index is 2.21. The van der Waals surface area contributed by atoms with E-state index in [1.807, 2.05) is 6.07 Å². The van der Waals surface area contributed by atoms with E-state index in [0.29, 0.717) is 0 Å². The van der Waals surface area contributed by atoms with Crippen molar-refractivity contribution in [2.24, 2.45) is 0 Å². The Morgan fingerprint density at radius 3 is 2.62 bits per heavy atom. The van der Waals surface area contributed by atoms with Gasteiger partial charge in [0.1, 0.15) is 18.5 Å². The number of anilines is 1. The minimum absolute atomic E-state index is 0.00667. The number of nitro groups is 1. The van der Waals surface area contributed by atoms with E-state index in [1.165, 1.54) is 19.4 Å². The number of ether oxygens (including phenoxy) is 2. The number of methoxy groups -OCH3 is 1. The molecule has 0 aliphatic heterocycles. The molecule has 0 fully saturated rings. The van der Waals surface area contributed by atoms with Crippen LogP contribution in [0.25, 0.3) is 0 Å². The molecule has 136 valence electrons. The summed E-state index contributed by atoms with van der Waals surface area (Å²) in [6.45, 7) is -0.140. The molecule has 0 radical (unpaired) electrons. The van der Waals surface area contributed by atoms with Gasteiger partial charge in [0, 0.05) is 12.7 Å². The SMILES string of the molecule is COC(=O)CCN(C(=O)OCc1ccccc1)c1ccncc1[N+](=O)[O-]. The Hall–Kier alpha value is -3.49. The predicted octanol–water partition coefficient (Wildman–Crippen LogP) is 2.70. The minimum atomic E-state index is -0.813. The van der Waals surface area contributed by atoms with E-state index in [4.69, 9.17) is 4.74 Å². The van der Waals surface area contributed by atoms with Crippen molar-refractivity contribution in [1.29, 1.82) is 0 Å². The molecule has 1 aromatic heterocycles. The second-order valence-corrected chi connectivity index (χ2v) is 5.14. The lowest BCUT2D eigenvalue weighted by molar-refractivity contribution is -0.384. The summed E-state index contributed by atoms with van der Waals surface area (Å²) in [5, 5.41) is 11.2. The molecule has 0 spiro atoms. The first-order valence-electron chi connectivity index (χ1n) is 7.66. The monoisotopic (exact) mass is 359 g/mol. The van der Waals surface area contributed by atoms with Gasteiger partial charge in [-0.15, -0.1) is 0 Å². The highest BCUT2D eigenvalue weighted by atomic mass is 16.6. The summed E-state index contributed by atoms with van der Waals surface area (Å²) in [6.07, 6.45) is 1.39. The van der Waals surface area contributed by atoms with Crippen LogP contribution in [0.4, 0.5) is 16.2 Å². The van der Waals surface area contributed by atoms with Gasteiger partial charge in [0.15, 0.2) is 0 Å². The summed E-state index contributed by atoms with van der Waals surface area (Å²) in [6, 6.07) is 10.3. The van der Waals surface area contributed by atoms with Crippen LogP contribution in [0.2, 0.25) is 0 Å². The average Bonchev–Trinajstić information content (AvgIpc) is 2.67. The third-order valence-electron chi connectivity index (χ3n) is 3.46. The fourth-order valence-corrected chi connectivity index (χ4v) is 2.16. The Labute approximate surface area is 149 Å². The van der Waals surface area contributed by atoms with Gasteiger partial charge >= 0.3 is 17.7 Å². The highest BCUT2D eigenvalue weighted by Crippen LogP contribution is 2.27. The highest BCUT2D eigenvalue weighted by Gasteiger charge is 2.26. The summed E-state index contributed by atoms with van der Waals surface area (Å²) in [5.74, 6) is -0.553. The van der Waals surface area contributed by atoms with Gasteiger partial charge in [-0.1, -0.05) is 30.3 Å². The lowest BCUT2D eigenvalue weighted by atomic mass is 10.2. The van der Waals surface area contributed by atoms with E-state index < -0.39 is 17.0 Å². The Kier molecular flexibility index (Phi) is 6.60. The number of esters is 1. The van der Waals surface area contributed by atoms with Gasteiger partial charge in [0.2, 0.25) is 0 Å². The maximum Gasteiger partial charge on any atom is 0.414 e. The van der Waals surface area contributed by atoms with Crippen molar-refractivity contribution in [2.75, 3.05) is 18.6 Å². The van der Waals surface area contributed by atoms with Gasteiger partial charge in [-0.05, 0) is 11.6 Å². The number of carbonyl (C=O) groups excluding carboxylic acids is 2. The van der Waals surface area contributed by atoms with Gasteiger partial charge in [-0.25, -0.2) is 4.79 Å². The summed E-state index contributed by atoms with van der Waals surface area (Å²) in [4.78, 5) is 39.2. The van der Waals surface area contributed by atoms with Crippen molar-refractivity contribution < 1.29 is 24.0 Å². The van der Waals surface area contributed by atoms with Gasteiger partial charge in [-0.3, -0.25) is 24.8 Å². The number of pyridine rings is 1. The van der Waals surface area contributed by atoms with Crippen LogP contribution < -0.4 is 4.90 Å². The molecular formula is C17H17N3O6. The number of nitrogens with zero attached hydrogens (tertiary/aromatic N) is 3. The molecule has 2 aromatic rings. The number of amides is 1. The average molecular weight is 359 g/mol. The second-order valence-electron chi connectivity index (χ2n) is 5.14. The molecular weight excluding hydrogens is 342 g/mol. The van der Waals surface area contributed by atoms with Crippen molar-refractivity contribution in [2.45, 2.75) is 13.0 Å². The lowest BCUT2D eigenvalue weighted by Crippen LogP contribution is -2.34. The van der Waals surface area contributed by atoms with E-state index in [2.05, 4.69) is 9.72 Å². The van der Waals surface area contributed by atoms with Gasteiger partial charge in [-0.2, -0.15) is 0 Å². The molecule has 1 heterocycles. The molecule has 26 heavy (non-hydrogen) atoms. The van der Waals surface area contributed by atoms with Crippen LogP contribution in [-0.4, -0.2) is 35.6 Å². The summed E-state index contributed by atoms with van der Waals surface area (Å²) in [5.41, 5.74) is 0.388. The molecule has 0 saturated heterocycles. The molecule has 2 rings (SSSR count). The smallest absolute Gasteiger partial charge is 0.414 e. The third-order valence-corrected chi connectivity index (χ3v) is 3.46. The standard InChI is InChI=1S/C17H17N3O6/c1-25-16(21)8-10-19(14-7-9-18-11-15(14)20(23)24)17(22)26-12-13-5-3-2-4-6-13/h2-7,9,11H,8,10,12H2,1H3. The zero-order chi connectivity index (χ0) is 18.9. The van der Waals surface area contributed by atoms with Crippen LogP contribution in [0.5, 0.6) is 0 Å². The normalized spacial score (nSPS) is 10.0. The van der Waals surface area contributed by atoms with Gasteiger partial charge in [0.05, 0.1) is 18.5 Å². The minimum Gasteiger partial charge on any atom is -0.469 e. The molecule has 1 aromatic carbocycles. The van der Waals surface area contributed by atoms with E-state index in [0.717, 1.165) is 16.7 Å². The second kappa shape index (κ2) is 9.11. The zero-order valence-corrected chi connectivity index (χ0v) is 14.0. The molecule has 9 nitrogen and oxygen atoms in total. The molecule has 9 heteroatoms. The summed E-state index contributed by atoms with van der Waals surface area (Å²) >= 11 is 0. The first kappa shape index (κ1) is 18.8. The molecule has 0 aliphatic carbocycles. The lowest BCUT2D eigenvalue weighted by Gasteiger charge is -2.21. The molecule has 0 bridgehead atoms. The van der Waals surface area contributed by atoms with Gasteiger partial charge < -0.3 is 9.47 Å². The van der Waals surface area contributed by atoms with Crippen molar-refractivity contribution in [3.63, 3.8) is 0 Å². The third kappa shape index (κ3) is 5.00. The Morgan fingerprint density at radius 1 is 1.23 bits per heavy atom. The molecule has 0 unspecified atom stereocenters. The van der Waals surface area contributed by atoms with E-state index in [9.17, 15) is 19.7 Å². The van der Waals surface area contributed by atoms with Crippen LogP contribution in [-0.2, 0) is 20.9 Å². The zero-order valence-electron chi connectivity index (χ0n) is 14.0. The summed E-state index contributed by atoms with van der Waals surface area (Å²) in [7, 11) is 1.22. The van der Waals surface area contributed by atoms with Crippen molar-refractivity contribution in [3.05, 3.63) is 64.5 Å². The molecule has 0 saturated carbocycles. The van der Waals surface area contributed by atoms with E-state index in [-0.39, 0.29) is 30.9 Å². The van der Waals surface area contributed by atoms with E-state index >= 15 is 0 Å². The van der Waals surface area contributed by atoms with Crippen molar-refractivity contribution >= 4 is 23.4 Å². The molecule has 0 atom stereocenters. The largest absolute Gasteiger partial charge is 0.469 e. The Bertz CT molecular complexity index is 781. The molecule has 0 N–H and O–H groups in total. The number of hydrogen-bond acceptors (Lipinski definition) is 7. The van der Waals surface area contributed by atoms with Gasteiger partial charge in [0.25, 0.3) is 0 Å². The van der Waals surface area contributed by atoms with Crippen molar-refractivity contribution in [1.82, 2.24) is 4.98 Å². The fraction of sp³-hybridized carbons (Fsp3) is 0.235. The van der Waals surface area contributed by atoms with Crippen LogP contribution >= 0.6 is 0 Å². The number of aromatic nitrogens is 1. The number of rotatable bonds is 7. The molecule has 0 aliphatic rings. The van der Waals surface area contributed by atoms with E-state index in [1.54, 1.807) is 24.3 Å². The number of hydrogen-bond donors (Lipinski definition) is 0. The van der Waals surface area contributed by atoms with Crippen LogP contribution in [0.1, 0.15) is 12.0 Å². The number of carbonyl (C=O) groups is 2. The Morgan fingerprint density at radius 2 is 1.96 bits per heavy atom. The fourth-order valence-electron chi connectivity index (χ4n) is 2.16. The van der Waals surface area contributed by atoms with Crippen LogP contribution in [0.15, 0.2) is 48.8 Å². The topological polar surface area (TPSA) is 112 Å². The van der Waals surface area contributed by atoms with Crippen LogP contribution in [0.3, 0.4) is 0 Å². The summed E-state index contributed by atoms with van der Waals surface area (Å²) < 4.78 is 9.80. The van der Waals surface area contributed by atoms with Crippen molar-refractivity contribution in [3.8, 4) is 0 Å². The number of benzene rings is 1. The van der Waals surface area contributed by atoms with Crippen LogP contribution in [0, 0.1) is 10.1 Å². The quantitative estimate of drug-likeness (QED) is 0.424. The molecule has 1 amide bonds. The maximum atomic E-state index is 12.5. The predicted molar refractivity (Wildman–Crippen MR) is 91.5 cm³/mol. The maximum absolute atomic E-state index is 12.5.